The SMILES string of the molecule is COc1ccc(C2/C(=C(\O)c3cc(Cl)c(OC)c(Cl)c3OC)C(=O)C(=O)N2c2ccccc2C)cc1. The molecule has 1 saturated heterocycles. The number of carbonyl (C=O) groups excluding carboxylic acids is 2. The van der Waals surface area contributed by atoms with Crippen LogP contribution in [0.25, 0.3) is 5.76 Å². The van der Waals surface area contributed by atoms with Gasteiger partial charge in [0.15, 0.2) is 11.5 Å². The third-order valence-electron chi connectivity index (χ3n) is 6.05. The highest BCUT2D eigenvalue weighted by atomic mass is 35.5. The third-order valence-corrected chi connectivity index (χ3v) is 6.67. The highest BCUT2D eigenvalue weighted by Crippen LogP contribution is 2.48. The second-order valence-electron chi connectivity index (χ2n) is 8.02. The molecule has 0 aromatic heterocycles. The summed E-state index contributed by atoms with van der Waals surface area (Å²) in [5, 5.41) is 11.6. The Morgan fingerprint density at radius 2 is 1.56 bits per heavy atom. The van der Waals surface area contributed by atoms with Crippen molar-refractivity contribution in [3.05, 3.63) is 86.9 Å². The fourth-order valence-electron chi connectivity index (χ4n) is 4.31. The van der Waals surface area contributed by atoms with Crippen LogP contribution >= 0.6 is 23.2 Å². The Bertz CT molecular complexity index is 1380. The maximum atomic E-state index is 13.4. The fourth-order valence-corrected chi connectivity index (χ4v) is 4.99. The smallest absolute Gasteiger partial charge is 0.300 e. The molecule has 36 heavy (non-hydrogen) atoms. The Morgan fingerprint density at radius 1 is 0.917 bits per heavy atom. The van der Waals surface area contributed by atoms with Gasteiger partial charge in [-0.2, -0.15) is 0 Å². The second-order valence-corrected chi connectivity index (χ2v) is 8.80. The first kappa shape index (κ1) is 25.4. The molecule has 1 aliphatic rings. The third kappa shape index (κ3) is 4.14. The lowest BCUT2D eigenvalue weighted by Crippen LogP contribution is -2.30. The molecule has 186 valence electrons. The number of hydrogen-bond donors (Lipinski definition) is 1. The molecule has 3 aromatic carbocycles. The molecule has 7 nitrogen and oxygen atoms in total. The molecular weight excluding hydrogens is 505 g/mol. The highest BCUT2D eigenvalue weighted by molar-refractivity contribution is 6.52. The summed E-state index contributed by atoms with van der Waals surface area (Å²) in [5.74, 6) is -1.32. The number of carbonyl (C=O) groups is 2. The molecule has 1 fully saturated rings. The molecule has 1 N–H and O–H groups in total. The van der Waals surface area contributed by atoms with Gasteiger partial charge in [-0.15, -0.1) is 0 Å². The summed E-state index contributed by atoms with van der Waals surface area (Å²) >= 11 is 12.8. The summed E-state index contributed by atoms with van der Waals surface area (Å²) in [6.07, 6.45) is 0. The van der Waals surface area contributed by atoms with Crippen LogP contribution in [0, 0.1) is 6.92 Å². The predicted molar refractivity (Wildman–Crippen MR) is 139 cm³/mol. The second kappa shape index (κ2) is 10.1. The van der Waals surface area contributed by atoms with Gasteiger partial charge in [-0.25, -0.2) is 0 Å². The van der Waals surface area contributed by atoms with E-state index in [-0.39, 0.29) is 32.7 Å². The first-order valence-corrected chi connectivity index (χ1v) is 11.6. The van der Waals surface area contributed by atoms with Crippen LogP contribution in [0.15, 0.2) is 60.2 Å². The van der Waals surface area contributed by atoms with Gasteiger partial charge in [-0.05, 0) is 42.3 Å². The molecule has 0 radical (unpaired) electrons. The Kier molecular flexibility index (Phi) is 7.15. The summed E-state index contributed by atoms with van der Waals surface area (Å²) in [6, 6.07) is 14.5. The van der Waals surface area contributed by atoms with Crippen molar-refractivity contribution < 1.29 is 28.9 Å². The monoisotopic (exact) mass is 527 g/mol. The molecule has 0 spiro atoms. The van der Waals surface area contributed by atoms with Crippen LogP contribution in [0.4, 0.5) is 5.69 Å². The minimum absolute atomic E-state index is 0.0168. The molecule has 1 amide bonds. The van der Waals surface area contributed by atoms with E-state index in [0.717, 1.165) is 5.56 Å². The van der Waals surface area contributed by atoms with Crippen molar-refractivity contribution in [3.8, 4) is 17.2 Å². The van der Waals surface area contributed by atoms with Crippen molar-refractivity contribution in [2.45, 2.75) is 13.0 Å². The Morgan fingerprint density at radius 3 is 2.14 bits per heavy atom. The molecule has 1 heterocycles. The molecule has 1 aliphatic heterocycles. The maximum absolute atomic E-state index is 13.4. The van der Waals surface area contributed by atoms with Crippen molar-refractivity contribution in [2.75, 3.05) is 26.2 Å². The number of rotatable bonds is 6. The van der Waals surface area contributed by atoms with Gasteiger partial charge in [0.1, 0.15) is 16.5 Å². The molecule has 1 atom stereocenters. The average molecular weight is 528 g/mol. The zero-order valence-corrected chi connectivity index (χ0v) is 21.5. The van der Waals surface area contributed by atoms with Crippen LogP contribution in [-0.4, -0.2) is 38.1 Å². The minimum Gasteiger partial charge on any atom is -0.507 e. The van der Waals surface area contributed by atoms with Crippen LogP contribution in [0.3, 0.4) is 0 Å². The average Bonchev–Trinajstić information content (AvgIpc) is 3.14. The van der Waals surface area contributed by atoms with Crippen LogP contribution in [0.5, 0.6) is 17.2 Å². The number of para-hydroxylation sites is 1. The van der Waals surface area contributed by atoms with Gasteiger partial charge in [0, 0.05) is 5.69 Å². The van der Waals surface area contributed by atoms with Crippen molar-refractivity contribution >= 4 is 46.3 Å². The molecule has 1 unspecified atom stereocenters. The number of aliphatic hydroxyl groups excluding tert-OH is 1. The summed E-state index contributed by atoms with van der Waals surface area (Å²) < 4.78 is 15.9. The number of benzene rings is 3. The number of aliphatic hydroxyl groups is 1. The molecule has 0 aliphatic carbocycles. The van der Waals surface area contributed by atoms with Crippen LogP contribution in [0.2, 0.25) is 10.0 Å². The van der Waals surface area contributed by atoms with E-state index in [1.165, 1.54) is 32.3 Å². The quantitative estimate of drug-likeness (QED) is 0.242. The van der Waals surface area contributed by atoms with Gasteiger partial charge < -0.3 is 19.3 Å². The van der Waals surface area contributed by atoms with Gasteiger partial charge in [-0.3, -0.25) is 14.5 Å². The van der Waals surface area contributed by atoms with Crippen molar-refractivity contribution in [3.63, 3.8) is 0 Å². The number of amides is 1. The number of halogens is 2. The van der Waals surface area contributed by atoms with E-state index < -0.39 is 23.5 Å². The number of ether oxygens (including phenoxy) is 3. The van der Waals surface area contributed by atoms with Gasteiger partial charge in [-0.1, -0.05) is 53.5 Å². The standard InChI is InChI=1S/C27H23Cl2NO6/c1-14-7-5-6-8-19(14)30-22(15-9-11-16(34-2)12-10-15)20(24(32)27(30)33)23(31)17-13-18(28)26(36-4)21(29)25(17)35-3/h5-13,22,31H,1-4H3/b23-20+. The lowest BCUT2D eigenvalue weighted by atomic mass is 9.94. The first-order chi connectivity index (χ1) is 17.2. The number of aryl methyl sites for hydroxylation is 1. The van der Waals surface area contributed by atoms with Crippen molar-refractivity contribution in [2.24, 2.45) is 0 Å². The van der Waals surface area contributed by atoms with E-state index in [0.29, 0.717) is 17.0 Å². The van der Waals surface area contributed by atoms with Gasteiger partial charge >= 0.3 is 0 Å². The Balaban J connectivity index is 2.02. The summed E-state index contributed by atoms with van der Waals surface area (Å²) in [5.41, 5.74) is 1.83. The fraction of sp³-hybridized carbons (Fsp3) is 0.185. The lowest BCUT2D eigenvalue weighted by Gasteiger charge is -2.27. The Labute approximate surface area is 218 Å². The highest BCUT2D eigenvalue weighted by Gasteiger charge is 2.47. The van der Waals surface area contributed by atoms with Crippen LogP contribution in [0.1, 0.15) is 22.7 Å². The predicted octanol–water partition coefficient (Wildman–Crippen LogP) is 5.95. The molecule has 0 bridgehead atoms. The summed E-state index contributed by atoms with van der Waals surface area (Å²) in [7, 11) is 4.29. The molecule has 9 heteroatoms. The zero-order chi connectivity index (χ0) is 26.1. The normalized spacial score (nSPS) is 16.8. The van der Waals surface area contributed by atoms with E-state index in [2.05, 4.69) is 0 Å². The van der Waals surface area contributed by atoms with Crippen LogP contribution in [-0.2, 0) is 9.59 Å². The van der Waals surface area contributed by atoms with Gasteiger partial charge in [0.05, 0.1) is 43.5 Å². The summed E-state index contributed by atoms with van der Waals surface area (Å²) in [4.78, 5) is 28.2. The zero-order valence-electron chi connectivity index (χ0n) is 20.0. The molecule has 4 rings (SSSR count). The van der Waals surface area contributed by atoms with Gasteiger partial charge in [0.25, 0.3) is 11.7 Å². The van der Waals surface area contributed by atoms with Crippen molar-refractivity contribution in [1.29, 1.82) is 0 Å². The summed E-state index contributed by atoms with van der Waals surface area (Å²) in [6.45, 7) is 1.84. The molecule has 3 aromatic rings. The number of anilines is 1. The van der Waals surface area contributed by atoms with Gasteiger partial charge in [0.2, 0.25) is 0 Å². The molecule has 0 saturated carbocycles. The number of hydrogen-bond acceptors (Lipinski definition) is 6. The van der Waals surface area contributed by atoms with Crippen LogP contribution < -0.4 is 19.1 Å². The maximum Gasteiger partial charge on any atom is 0.300 e. The number of methoxy groups -OCH3 is 3. The van der Waals surface area contributed by atoms with E-state index in [4.69, 9.17) is 37.4 Å². The number of nitrogens with zero attached hydrogens (tertiary/aromatic N) is 1. The van der Waals surface area contributed by atoms with Crippen molar-refractivity contribution in [1.82, 2.24) is 0 Å². The molecular formula is C27H23Cl2NO6. The van der Waals surface area contributed by atoms with E-state index in [1.54, 1.807) is 36.4 Å². The first-order valence-electron chi connectivity index (χ1n) is 10.9. The largest absolute Gasteiger partial charge is 0.507 e. The van der Waals surface area contributed by atoms with E-state index >= 15 is 0 Å². The minimum atomic E-state index is -0.943. The number of ketones is 1. The van der Waals surface area contributed by atoms with E-state index in [1.807, 2.05) is 19.1 Å². The van der Waals surface area contributed by atoms with E-state index in [9.17, 15) is 14.7 Å². The Hall–Kier alpha value is -3.68. The lowest BCUT2D eigenvalue weighted by molar-refractivity contribution is -0.132. The number of Topliss-reactive ketones (excluding diaryl/α,β-unsaturated/α-hetero) is 1. The topological polar surface area (TPSA) is 85.3 Å².